The third kappa shape index (κ3) is 1.45. The van der Waals surface area contributed by atoms with E-state index in [4.69, 9.17) is 6.42 Å². The fourth-order valence-electron chi connectivity index (χ4n) is 4.21. The second-order valence-electron chi connectivity index (χ2n) is 6.08. The number of hydrogen-bond donors (Lipinski definition) is 0. The zero-order chi connectivity index (χ0) is 11.3. The van der Waals surface area contributed by atoms with Gasteiger partial charge in [0.05, 0.1) is 0 Å². The minimum atomic E-state index is 0.910. The number of allylic oxidation sites excluding steroid dienone is 2. The second kappa shape index (κ2) is 3.66. The summed E-state index contributed by atoms with van der Waals surface area (Å²) in [6.07, 6.45) is 12.9. The molecular weight excluding hydrogens is 192 g/mol. The van der Waals surface area contributed by atoms with Crippen LogP contribution in [0.2, 0.25) is 0 Å². The molecule has 0 aromatic heterocycles. The summed E-state index contributed by atoms with van der Waals surface area (Å²) in [5.74, 6) is 8.72. The van der Waals surface area contributed by atoms with Gasteiger partial charge in [-0.05, 0) is 61.7 Å². The summed E-state index contributed by atoms with van der Waals surface area (Å²) in [5.41, 5.74) is 1.80. The van der Waals surface area contributed by atoms with Crippen LogP contribution in [-0.2, 0) is 0 Å². The highest BCUT2D eigenvalue weighted by molar-refractivity contribution is 5.27. The molecule has 3 rings (SSSR count). The van der Waals surface area contributed by atoms with Crippen molar-refractivity contribution >= 4 is 0 Å². The molecule has 0 nitrogen and oxygen atoms in total. The smallest absolute Gasteiger partial charge is 0.00889 e. The average Bonchev–Trinajstić information content (AvgIpc) is 3.16. The van der Waals surface area contributed by atoms with E-state index in [-0.39, 0.29) is 0 Å². The van der Waals surface area contributed by atoms with Crippen molar-refractivity contribution in [2.24, 2.45) is 35.5 Å². The van der Waals surface area contributed by atoms with Crippen LogP contribution in [0.25, 0.3) is 0 Å². The van der Waals surface area contributed by atoms with E-state index in [2.05, 4.69) is 25.8 Å². The predicted octanol–water partition coefficient (Wildman–Crippen LogP) is 3.88. The molecule has 0 aromatic carbocycles. The molecule has 0 N–H and O–H groups in total. The third-order valence-electron chi connectivity index (χ3n) is 5.32. The summed E-state index contributed by atoms with van der Waals surface area (Å²) in [6.45, 7) is 4.70. The third-order valence-corrected chi connectivity index (χ3v) is 5.32. The van der Waals surface area contributed by atoms with Crippen LogP contribution in [0.15, 0.2) is 11.6 Å². The van der Waals surface area contributed by atoms with E-state index < -0.39 is 0 Å². The van der Waals surface area contributed by atoms with Crippen LogP contribution in [-0.4, -0.2) is 0 Å². The van der Waals surface area contributed by atoms with Gasteiger partial charge in [0.2, 0.25) is 0 Å². The molecule has 6 unspecified atom stereocenters. The fourth-order valence-corrected chi connectivity index (χ4v) is 4.21. The maximum absolute atomic E-state index is 5.34. The molecule has 86 valence electrons. The SMILES string of the molecule is C#CCCC1CC1C(=CC)C1C(C)C2CC21. The molecule has 16 heavy (non-hydrogen) atoms. The molecular formula is C16H22. The Labute approximate surface area is 99.5 Å². The van der Waals surface area contributed by atoms with Gasteiger partial charge in [0.25, 0.3) is 0 Å². The lowest BCUT2D eigenvalue weighted by Crippen LogP contribution is -2.29. The second-order valence-corrected chi connectivity index (χ2v) is 6.08. The first kappa shape index (κ1) is 10.5. The van der Waals surface area contributed by atoms with Gasteiger partial charge < -0.3 is 0 Å². The van der Waals surface area contributed by atoms with E-state index >= 15 is 0 Å². The molecule has 0 bridgehead atoms. The maximum Gasteiger partial charge on any atom is 0.00889 e. The van der Waals surface area contributed by atoms with Crippen LogP contribution in [0.4, 0.5) is 0 Å². The number of hydrogen-bond acceptors (Lipinski definition) is 0. The van der Waals surface area contributed by atoms with Crippen molar-refractivity contribution in [3.05, 3.63) is 11.6 Å². The molecule has 0 aliphatic heterocycles. The van der Waals surface area contributed by atoms with Gasteiger partial charge in [-0.25, -0.2) is 0 Å². The van der Waals surface area contributed by atoms with E-state index in [9.17, 15) is 0 Å². The lowest BCUT2D eigenvalue weighted by Gasteiger charge is -2.36. The largest absolute Gasteiger partial charge is 0.120 e. The molecule has 0 amide bonds. The Kier molecular flexibility index (Phi) is 2.39. The van der Waals surface area contributed by atoms with Crippen molar-refractivity contribution in [3.8, 4) is 12.3 Å². The lowest BCUT2D eigenvalue weighted by atomic mass is 9.69. The van der Waals surface area contributed by atoms with E-state index in [1.807, 2.05) is 0 Å². The van der Waals surface area contributed by atoms with Crippen molar-refractivity contribution < 1.29 is 0 Å². The summed E-state index contributed by atoms with van der Waals surface area (Å²) in [4.78, 5) is 0. The highest BCUT2D eigenvalue weighted by Gasteiger charge is 2.61. The number of fused-ring (bicyclic) bond motifs is 1. The van der Waals surface area contributed by atoms with Crippen molar-refractivity contribution in [3.63, 3.8) is 0 Å². The highest BCUT2D eigenvalue weighted by atomic mass is 14.7. The summed E-state index contributed by atoms with van der Waals surface area (Å²) >= 11 is 0. The number of terminal acetylenes is 1. The molecule has 6 atom stereocenters. The molecule has 3 fully saturated rings. The molecule has 0 radical (unpaired) electrons. The topological polar surface area (TPSA) is 0 Å². The van der Waals surface area contributed by atoms with Crippen molar-refractivity contribution in [2.75, 3.05) is 0 Å². The Hall–Kier alpha value is -0.700. The normalized spacial score (nSPS) is 48.9. The molecule has 3 aliphatic rings. The van der Waals surface area contributed by atoms with E-state index in [1.165, 1.54) is 19.3 Å². The molecule has 0 spiro atoms. The zero-order valence-corrected chi connectivity index (χ0v) is 10.4. The Morgan fingerprint density at radius 2 is 2.19 bits per heavy atom. The van der Waals surface area contributed by atoms with E-state index in [1.54, 1.807) is 5.57 Å². The Balaban J connectivity index is 1.60. The van der Waals surface area contributed by atoms with Gasteiger partial charge >= 0.3 is 0 Å². The van der Waals surface area contributed by atoms with Gasteiger partial charge in [0, 0.05) is 6.42 Å². The minimum Gasteiger partial charge on any atom is -0.120 e. The molecule has 0 heterocycles. The Morgan fingerprint density at radius 3 is 2.75 bits per heavy atom. The van der Waals surface area contributed by atoms with Gasteiger partial charge in [-0.15, -0.1) is 12.3 Å². The van der Waals surface area contributed by atoms with Crippen LogP contribution >= 0.6 is 0 Å². The molecule has 0 saturated heterocycles. The first-order chi connectivity index (χ1) is 7.77. The monoisotopic (exact) mass is 214 g/mol. The zero-order valence-electron chi connectivity index (χ0n) is 10.4. The lowest BCUT2D eigenvalue weighted by molar-refractivity contribution is 0.203. The standard InChI is InChI=1S/C16H22/c1-4-6-7-11-8-14(11)12(5-2)16-10(3)13-9-15(13)16/h1,5,10-11,13-16H,6-9H2,2-3H3. The van der Waals surface area contributed by atoms with Crippen molar-refractivity contribution in [1.82, 2.24) is 0 Å². The minimum absolute atomic E-state index is 0.910. The first-order valence-electron chi connectivity index (χ1n) is 6.87. The van der Waals surface area contributed by atoms with E-state index in [0.717, 1.165) is 41.9 Å². The predicted molar refractivity (Wildman–Crippen MR) is 67.7 cm³/mol. The molecule has 3 aliphatic carbocycles. The van der Waals surface area contributed by atoms with Gasteiger partial charge in [0.15, 0.2) is 0 Å². The highest BCUT2D eigenvalue weighted by Crippen LogP contribution is 2.68. The van der Waals surface area contributed by atoms with Crippen LogP contribution in [0, 0.1) is 47.9 Å². The van der Waals surface area contributed by atoms with Crippen LogP contribution in [0.1, 0.15) is 39.5 Å². The fraction of sp³-hybridized carbons (Fsp3) is 0.750. The van der Waals surface area contributed by atoms with Crippen LogP contribution in [0.3, 0.4) is 0 Å². The van der Waals surface area contributed by atoms with Crippen molar-refractivity contribution in [2.45, 2.75) is 39.5 Å². The molecule has 3 saturated carbocycles. The Bertz CT molecular complexity index is 357. The van der Waals surface area contributed by atoms with Gasteiger partial charge in [-0.3, -0.25) is 0 Å². The van der Waals surface area contributed by atoms with Crippen LogP contribution in [0.5, 0.6) is 0 Å². The maximum atomic E-state index is 5.34. The summed E-state index contributed by atoms with van der Waals surface area (Å²) in [5, 5.41) is 0. The summed E-state index contributed by atoms with van der Waals surface area (Å²) in [7, 11) is 0. The number of rotatable bonds is 4. The van der Waals surface area contributed by atoms with Gasteiger partial charge in [0.1, 0.15) is 0 Å². The quantitative estimate of drug-likeness (QED) is 0.492. The van der Waals surface area contributed by atoms with Gasteiger partial charge in [-0.2, -0.15) is 0 Å². The first-order valence-corrected chi connectivity index (χ1v) is 6.87. The summed E-state index contributed by atoms with van der Waals surface area (Å²) in [6, 6.07) is 0. The van der Waals surface area contributed by atoms with Gasteiger partial charge in [-0.1, -0.05) is 18.6 Å². The average molecular weight is 214 g/mol. The molecule has 0 aromatic rings. The van der Waals surface area contributed by atoms with Crippen LogP contribution < -0.4 is 0 Å². The van der Waals surface area contributed by atoms with Crippen molar-refractivity contribution in [1.29, 1.82) is 0 Å². The Morgan fingerprint density at radius 1 is 1.38 bits per heavy atom. The van der Waals surface area contributed by atoms with E-state index in [0.29, 0.717) is 0 Å². The molecule has 0 heteroatoms. The summed E-state index contributed by atoms with van der Waals surface area (Å²) < 4.78 is 0.